The topological polar surface area (TPSA) is 58.8 Å². The summed E-state index contributed by atoms with van der Waals surface area (Å²) in [5.41, 5.74) is 3.73. The average molecular weight is 375 g/mol. The Kier molecular flexibility index (Phi) is 6.10. The second kappa shape index (κ2) is 8.70. The monoisotopic (exact) mass is 375 g/mol. The van der Waals surface area contributed by atoms with Crippen LogP contribution in [0.3, 0.4) is 0 Å². The SMILES string of the molecule is Cc1cc(Oc2ccccc2C(C)C)nc(SCc2cccc(C#N)c2)n1. The molecule has 1 aromatic heterocycles. The van der Waals surface area contributed by atoms with Crippen molar-refractivity contribution >= 4 is 11.8 Å². The molecule has 0 amide bonds. The molecule has 0 N–H and O–H groups in total. The average Bonchev–Trinajstić information content (AvgIpc) is 2.66. The van der Waals surface area contributed by atoms with Gasteiger partial charge < -0.3 is 4.74 Å². The van der Waals surface area contributed by atoms with Gasteiger partial charge in [0.2, 0.25) is 5.88 Å². The fraction of sp³-hybridized carbons (Fsp3) is 0.227. The van der Waals surface area contributed by atoms with E-state index in [2.05, 4.69) is 36.0 Å². The van der Waals surface area contributed by atoms with Crippen LogP contribution in [0.5, 0.6) is 11.6 Å². The molecule has 0 aliphatic heterocycles. The molecule has 27 heavy (non-hydrogen) atoms. The first-order valence-electron chi connectivity index (χ1n) is 8.79. The van der Waals surface area contributed by atoms with Crippen molar-refractivity contribution in [2.24, 2.45) is 0 Å². The Hall–Kier alpha value is -2.84. The van der Waals surface area contributed by atoms with Crippen LogP contribution in [-0.2, 0) is 5.75 Å². The molecule has 0 aliphatic rings. The zero-order valence-corrected chi connectivity index (χ0v) is 16.5. The van der Waals surface area contributed by atoms with Gasteiger partial charge in [-0.25, -0.2) is 4.98 Å². The number of thioether (sulfide) groups is 1. The van der Waals surface area contributed by atoms with E-state index in [0.717, 1.165) is 22.6 Å². The predicted octanol–water partition coefficient (Wildman–Crippen LogP) is 5.86. The van der Waals surface area contributed by atoms with Gasteiger partial charge in [-0.15, -0.1) is 0 Å². The molecular formula is C22H21N3OS. The fourth-order valence-corrected chi connectivity index (χ4v) is 3.51. The molecule has 4 nitrogen and oxygen atoms in total. The third kappa shape index (κ3) is 5.08. The van der Waals surface area contributed by atoms with Crippen molar-refractivity contribution in [3.63, 3.8) is 0 Å². The van der Waals surface area contributed by atoms with Crippen molar-refractivity contribution in [3.05, 3.63) is 77.0 Å². The Balaban J connectivity index is 1.77. The largest absolute Gasteiger partial charge is 0.439 e. The lowest BCUT2D eigenvalue weighted by Crippen LogP contribution is -1.98. The first-order valence-corrected chi connectivity index (χ1v) is 9.78. The third-order valence-electron chi connectivity index (χ3n) is 3.99. The number of nitrogens with zero attached hydrogens (tertiary/aromatic N) is 3. The van der Waals surface area contributed by atoms with Crippen molar-refractivity contribution in [1.82, 2.24) is 9.97 Å². The first-order chi connectivity index (χ1) is 13.0. The highest BCUT2D eigenvalue weighted by Crippen LogP contribution is 2.30. The summed E-state index contributed by atoms with van der Waals surface area (Å²) in [5.74, 6) is 2.43. The molecule has 0 unspecified atom stereocenters. The number of ether oxygens (including phenoxy) is 1. The Morgan fingerprint density at radius 1 is 1.07 bits per heavy atom. The van der Waals surface area contributed by atoms with E-state index in [1.54, 1.807) is 6.07 Å². The van der Waals surface area contributed by atoms with Crippen LogP contribution < -0.4 is 4.74 Å². The summed E-state index contributed by atoms with van der Waals surface area (Å²) in [6, 6.07) is 19.6. The van der Waals surface area contributed by atoms with E-state index in [-0.39, 0.29) is 0 Å². The van der Waals surface area contributed by atoms with Crippen molar-refractivity contribution in [3.8, 4) is 17.7 Å². The van der Waals surface area contributed by atoms with Crippen molar-refractivity contribution in [1.29, 1.82) is 5.26 Å². The maximum Gasteiger partial charge on any atom is 0.223 e. The Bertz CT molecular complexity index is 979. The van der Waals surface area contributed by atoms with Gasteiger partial charge in [-0.2, -0.15) is 10.2 Å². The maximum absolute atomic E-state index is 9.02. The van der Waals surface area contributed by atoms with E-state index in [9.17, 15) is 0 Å². The number of hydrogen-bond donors (Lipinski definition) is 0. The second-order valence-electron chi connectivity index (χ2n) is 6.53. The van der Waals surface area contributed by atoms with Gasteiger partial charge in [0.15, 0.2) is 5.16 Å². The van der Waals surface area contributed by atoms with Crippen LogP contribution in [0.2, 0.25) is 0 Å². The fourth-order valence-electron chi connectivity index (χ4n) is 2.67. The van der Waals surface area contributed by atoms with Gasteiger partial charge >= 0.3 is 0 Å². The van der Waals surface area contributed by atoms with Gasteiger partial charge in [0, 0.05) is 17.5 Å². The molecule has 0 radical (unpaired) electrons. The van der Waals surface area contributed by atoms with Crippen LogP contribution in [0.15, 0.2) is 59.8 Å². The van der Waals surface area contributed by atoms with Gasteiger partial charge in [0.05, 0.1) is 11.6 Å². The van der Waals surface area contributed by atoms with E-state index < -0.39 is 0 Å². The molecule has 0 atom stereocenters. The van der Waals surface area contributed by atoms with Crippen LogP contribution >= 0.6 is 11.8 Å². The quantitative estimate of drug-likeness (QED) is 0.399. The number of aromatic nitrogens is 2. The Morgan fingerprint density at radius 2 is 1.89 bits per heavy atom. The highest BCUT2D eigenvalue weighted by molar-refractivity contribution is 7.98. The molecule has 0 aliphatic carbocycles. The highest BCUT2D eigenvalue weighted by atomic mass is 32.2. The van der Waals surface area contributed by atoms with Crippen LogP contribution in [0.1, 0.15) is 42.1 Å². The molecule has 0 saturated heterocycles. The van der Waals surface area contributed by atoms with Crippen LogP contribution in [0.25, 0.3) is 0 Å². The number of nitriles is 1. The summed E-state index contributed by atoms with van der Waals surface area (Å²) in [6.45, 7) is 6.22. The van der Waals surface area contributed by atoms with Crippen molar-refractivity contribution in [2.45, 2.75) is 37.6 Å². The summed E-state index contributed by atoms with van der Waals surface area (Å²) in [4.78, 5) is 9.05. The summed E-state index contributed by atoms with van der Waals surface area (Å²) < 4.78 is 6.07. The summed E-state index contributed by atoms with van der Waals surface area (Å²) in [5, 5.41) is 9.69. The van der Waals surface area contributed by atoms with E-state index in [1.807, 2.05) is 49.4 Å². The zero-order chi connectivity index (χ0) is 19.2. The lowest BCUT2D eigenvalue weighted by Gasteiger charge is -2.13. The van der Waals surface area contributed by atoms with E-state index in [4.69, 9.17) is 10.00 Å². The first kappa shape index (κ1) is 18.9. The van der Waals surface area contributed by atoms with Gasteiger partial charge in [-0.05, 0) is 42.2 Å². The molecule has 0 spiro atoms. The minimum Gasteiger partial charge on any atom is -0.439 e. The number of aryl methyl sites for hydroxylation is 1. The Morgan fingerprint density at radius 3 is 2.67 bits per heavy atom. The molecule has 0 bridgehead atoms. The van der Waals surface area contributed by atoms with Crippen molar-refractivity contribution < 1.29 is 4.74 Å². The number of benzene rings is 2. The third-order valence-corrected chi connectivity index (χ3v) is 4.91. The highest BCUT2D eigenvalue weighted by Gasteiger charge is 2.11. The minimum atomic E-state index is 0.366. The number of hydrogen-bond acceptors (Lipinski definition) is 5. The van der Waals surface area contributed by atoms with Gasteiger partial charge in [-0.3, -0.25) is 0 Å². The molecule has 136 valence electrons. The normalized spacial score (nSPS) is 10.6. The van der Waals surface area contributed by atoms with Gasteiger partial charge in [0.1, 0.15) is 5.75 Å². The summed E-state index contributed by atoms with van der Waals surface area (Å²) in [7, 11) is 0. The summed E-state index contributed by atoms with van der Waals surface area (Å²) >= 11 is 1.53. The molecular weight excluding hydrogens is 354 g/mol. The van der Waals surface area contributed by atoms with Gasteiger partial charge in [0.25, 0.3) is 0 Å². The Labute approximate surface area is 164 Å². The van der Waals surface area contributed by atoms with Crippen LogP contribution in [-0.4, -0.2) is 9.97 Å². The summed E-state index contributed by atoms with van der Waals surface area (Å²) in [6.07, 6.45) is 0. The molecule has 1 heterocycles. The number of rotatable bonds is 6. The molecule has 5 heteroatoms. The van der Waals surface area contributed by atoms with E-state index in [0.29, 0.717) is 28.3 Å². The lowest BCUT2D eigenvalue weighted by molar-refractivity contribution is 0.446. The molecule has 2 aromatic carbocycles. The second-order valence-corrected chi connectivity index (χ2v) is 7.47. The minimum absolute atomic E-state index is 0.366. The zero-order valence-electron chi connectivity index (χ0n) is 15.6. The molecule has 3 rings (SSSR count). The standard InChI is InChI=1S/C22H21N3OS/c1-15(2)19-9-4-5-10-20(19)26-21-11-16(3)24-22(25-21)27-14-18-8-6-7-17(12-18)13-23/h4-12,15H,14H2,1-3H3. The molecule has 3 aromatic rings. The molecule has 0 fully saturated rings. The lowest BCUT2D eigenvalue weighted by atomic mass is 10.0. The van der Waals surface area contributed by atoms with E-state index in [1.165, 1.54) is 11.8 Å². The molecule has 0 saturated carbocycles. The van der Waals surface area contributed by atoms with Crippen molar-refractivity contribution in [2.75, 3.05) is 0 Å². The van der Waals surface area contributed by atoms with Gasteiger partial charge in [-0.1, -0.05) is 55.9 Å². The number of para-hydroxylation sites is 1. The van der Waals surface area contributed by atoms with E-state index >= 15 is 0 Å². The van der Waals surface area contributed by atoms with Crippen LogP contribution in [0, 0.1) is 18.3 Å². The smallest absolute Gasteiger partial charge is 0.223 e. The predicted molar refractivity (Wildman–Crippen MR) is 108 cm³/mol. The maximum atomic E-state index is 9.02. The van der Waals surface area contributed by atoms with Crippen LogP contribution in [0.4, 0.5) is 0 Å².